The predicted molar refractivity (Wildman–Crippen MR) is 124 cm³/mol. The van der Waals surface area contributed by atoms with E-state index < -0.39 is 11.9 Å². The second-order valence-electron chi connectivity index (χ2n) is 4.36. The van der Waals surface area contributed by atoms with Crippen molar-refractivity contribution in [2.45, 2.75) is 0 Å². The molecule has 0 amide bonds. The highest BCUT2D eigenvalue weighted by Crippen LogP contribution is 2.40. The van der Waals surface area contributed by atoms with E-state index in [0.717, 1.165) is 8.95 Å². The fraction of sp³-hybridized carbons (Fsp3) is 0. The van der Waals surface area contributed by atoms with Gasteiger partial charge in [0.1, 0.15) is 0 Å². The van der Waals surface area contributed by atoms with Gasteiger partial charge in [-0.1, -0.05) is 0 Å². The maximum atomic E-state index is 12.5. The number of ether oxygens (including phenoxy) is 1. The van der Waals surface area contributed by atoms with E-state index in [-0.39, 0.29) is 11.1 Å². The van der Waals surface area contributed by atoms with Gasteiger partial charge in [0.15, 0.2) is 0 Å². The van der Waals surface area contributed by atoms with Crippen LogP contribution in [0.5, 0.6) is 0 Å². The molecule has 0 heterocycles. The molecule has 0 saturated carbocycles. The number of carbonyl (C=O) groups excluding carboxylic acids is 2. The van der Waals surface area contributed by atoms with E-state index in [1.807, 2.05) is 0 Å². The molecule has 0 unspecified atom stereocenters. The van der Waals surface area contributed by atoms with Gasteiger partial charge in [-0.2, -0.15) is 0 Å². The molecule has 0 aliphatic heterocycles. The minimum atomic E-state index is -0.796. The summed E-state index contributed by atoms with van der Waals surface area (Å²) in [6, 6.07) is 3.36. The maximum Gasteiger partial charge on any atom is 0.348 e. The lowest BCUT2D eigenvalue weighted by molar-refractivity contribution is 0.0395. The van der Waals surface area contributed by atoms with Crippen molar-refractivity contribution in [3.05, 3.63) is 59.0 Å². The zero-order chi connectivity index (χ0) is 19.0. The summed E-state index contributed by atoms with van der Waals surface area (Å²) >= 11 is 26.7. The van der Waals surface area contributed by atoms with Crippen molar-refractivity contribution in [1.29, 1.82) is 0 Å². The van der Waals surface area contributed by atoms with Gasteiger partial charge in [0.2, 0.25) is 0 Å². The van der Waals surface area contributed by atoms with Crippen LogP contribution in [0.1, 0.15) is 20.7 Å². The summed E-state index contributed by atoms with van der Waals surface area (Å²) in [6.07, 6.45) is 0. The fourth-order valence-electron chi connectivity index (χ4n) is 1.69. The quantitative estimate of drug-likeness (QED) is 0.131. The van der Waals surface area contributed by atoms with Gasteiger partial charge in [-0.05, 0) is 140 Å². The average Bonchev–Trinajstić information content (AvgIpc) is 2.50. The van der Waals surface area contributed by atoms with Crippen LogP contribution < -0.4 is 0 Å². The molecular formula is C14H2Br8O3. The Morgan fingerprint density at radius 3 is 1.20 bits per heavy atom. The number of hydrogen-bond donors (Lipinski definition) is 0. The molecule has 0 aliphatic rings. The summed E-state index contributed by atoms with van der Waals surface area (Å²) in [6.45, 7) is 0. The van der Waals surface area contributed by atoms with E-state index in [0.29, 0.717) is 26.8 Å². The van der Waals surface area contributed by atoms with Crippen LogP contribution in [0.3, 0.4) is 0 Å². The normalized spacial score (nSPS) is 10.7. The third kappa shape index (κ3) is 4.89. The van der Waals surface area contributed by atoms with Crippen LogP contribution in [-0.2, 0) is 4.74 Å². The minimum Gasteiger partial charge on any atom is -0.386 e. The molecule has 2 aromatic carbocycles. The molecule has 25 heavy (non-hydrogen) atoms. The number of halogens is 8. The maximum absolute atomic E-state index is 12.5. The van der Waals surface area contributed by atoms with Crippen molar-refractivity contribution in [2.75, 3.05) is 0 Å². The molecule has 0 aromatic heterocycles. The Morgan fingerprint density at radius 2 is 0.880 bits per heavy atom. The molecule has 0 radical (unpaired) electrons. The zero-order valence-corrected chi connectivity index (χ0v) is 24.1. The second-order valence-corrected chi connectivity index (χ2v) is 11.0. The van der Waals surface area contributed by atoms with Crippen molar-refractivity contribution in [3.8, 4) is 0 Å². The van der Waals surface area contributed by atoms with E-state index in [4.69, 9.17) is 4.74 Å². The predicted octanol–water partition coefficient (Wildman–Crippen LogP) is 8.78. The molecule has 0 N–H and O–H groups in total. The highest BCUT2D eigenvalue weighted by molar-refractivity contribution is 9.15. The first-order valence-corrected chi connectivity index (χ1v) is 12.3. The first-order valence-electron chi connectivity index (χ1n) is 5.98. The lowest BCUT2D eigenvalue weighted by Gasteiger charge is -2.12. The first-order chi connectivity index (χ1) is 11.6. The number of esters is 2. The Bertz CT molecular complexity index is 836. The number of hydrogen-bond acceptors (Lipinski definition) is 3. The van der Waals surface area contributed by atoms with Crippen LogP contribution in [0.25, 0.3) is 0 Å². The van der Waals surface area contributed by atoms with Gasteiger partial charge in [-0.15, -0.1) is 0 Å². The molecule has 0 saturated heterocycles. The zero-order valence-electron chi connectivity index (χ0n) is 11.4. The Kier molecular flexibility index (Phi) is 8.43. The summed E-state index contributed by atoms with van der Waals surface area (Å²) in [5.74, 6) is -1.59. The molecule has 0 fully saturated rings. The Morgan fingerprint density at radius 1 is 0.560 bits per heavy atom. The monoisotopic (exact) mass is 849 g/mol. The number of rotatable bonds is 2. The minimum absolute atomic E-state index is 0.187. The molecular weight excluding hydrogens is 855 g/mol. The molecule has 0 bridgehead atoms. The third-order valence-corrected chi connectivity index (χ3v) is 10.7. The van der Waals surface area contributed by atoms with Crippen molar-refractivity contribution < 1.29 is 14.3 Å². The molecule has 3 nitrogen and oxygen atoms in total. The molecule has 0 atom stereocenters. The lowest BCUT2D eigenvalue weighted by Crippen LogP contribution is -2.15. The standard InChI is InChI=1S/C14H2Br8O3/c15-3-1-5(17)9(19)11(21)7(3)13(23)25-14(24)8-4(16)2-6(18)10(20)12(8)22/h1-2H. The smallest absolute Gasteiger partial charge is 0.348 e. The highest BCUT2D eigenvalue weighted by Gasteiger charge is 2.26. The summed E-state index contributed by atoms with van der Waals surface area (Å²) < 4.78 is 9.66. The Balaban J connectivity index is 2.42. The SMILES string of the molecule is O=C(OC(=O)c1c(Br)cc(Br)c(Br)c1Br)c1c(Br)cc(Br)c(Br)c1Br. The van der Waals surface area contributed by atoms with Crippen LogP contribution in [0.4, 0.5) is 0 Å². The van der Waals surface area contributed by atoms with E-state index in [1.165, 1.54) is 0 Å². The first kappa shape index (κ1) is 22.7. The van der Waals surface area contributed by atoms with Gasteiger partial charge in [-0.3, -0.25) is 0 Å². The second kappa shape index (κ2) is 9.28. The van der Waals surface area contributed by atoms with Crippen LogP contribution in [-0.4, -0.2) is 11.9 Å². The van der Waals surface area contributed by atoms with E-state index in [1.54, 1.807) is 12.1 Å². The summed E-state index contributed by atoms with van der Waals surface area (Å²) in [7, 11) is 0. The Hall–Kier alpha value is 1.42. The van der Waals surface area contributed by atoms with Gasteiger partial charge in [0.05, 0.1) is 11.1 Å². The summed E-state index contributed by atoms with van der Waals surface area (Å²) in [4.78, 5) is 25.0. The molecule has 11 heteroatoms. The average molecular weight is 857 g/mol. The number of carbonyl (C=O) groups is 2. The van der Waals surface area contributed by atoms with Gasteiger partial charge < -0.3 is 4.74 Å². The van der Waals surface area contributed by atoms with Crippen molar-refractivity contribution in [3.63, 3.8) is 0 Å². The van der Waals surface area contributed by atoms with Crippen LogP contribution in [0, 0.1) is 0 Å². The summed E-state index contributed by atoms with van der Waals surface area (Å²) in [5.41, 5.74) is 0.374. The van der Waals surface area contributed by atoms with Crippen molar-refractivity contribution in [2.24, 2.45) is 0 Å². The topological polar surface area (TPSA) is 43.4 Å². The van der Waals surface area contributed by atoms with Crippen molar-refractivity contribution >= 4 is 139 Å². The van der Waals surface area contributed by atoms with E-state index >= 15 is 0 Å². The molecule has 132 valence electrons. The van der Waals surface area contributed by atoms with Gasteiger partial charge in [-0.25, -0.2) is 9.59 Å². The van der Waals surface area contributed by atoms with Gasteiger partial charge in [0.25, 0.3) is 0 Å². The van der Waals surface area contributed by atoms with Crippen LogP contribution in [0.15, 0.2) is 47.9 Å². The van der Waals surface area contributed by atoms with Crippen LogP contribution in [0.2, 0.25) is 0 Å². The largest absolute Gasteiger partial charge is 0.386 e. The molecule has 0 spiro atoms. The molecule has 2 rings (SSSR count). The Labute approximate surface area is 210 Å². The summed E-state index contributed by atoms with van der Waals surface area (Å²) in [5, 5.41) is 0. The fourth-order valence-corrected chi connectivity index (χ4v) is 7.21. The molecule has 2 aromatic rings. The van der Waals surface area contributed by atoms with E-state index in [2.05, 4.69) is 127 Å². The van der Waals surface area contributed by atoms with Gasteiger partial charge in [0, 0.05) is 35.8 Å². The molecule has 0 aliphatic carbocycles. The highest BCUT2D eigenvalue weighted by atomic mass is 79.9. The van der Waals surface area contributed by atoms with E-state index in [9.17, 15) is 9.59 Å². The lowest BCUT2D eigenvalue weighted by atomic mass is 10.2. The number of benzene rings is 2. The third-order valence-electron chi connectivity index (χ3n) is 2.82. The van der Waals surface area contributed by atoms with Crippen molar-refractivity contribution in [1.82, 2.24) is 0 Å². The van der Waals surface area contributed by atoms with Crippen LogP contribution >= 0.6 is 127 Å². The van der Waals surface area contributed by atoms with Gasteiger partial charge >= 0.3 is 11.9 Å².